The van der Waals surface area contributed by atoms with E-state index in [0.29, 0.717) is 12.8 Å². The summed E-state index contributed by atoms with van der Waals surface area (Å²) < 4.78 is 0. The predicted molar refractivity (Wildman–Crippen MR) is 94.3 cm³/mol. The maximum absolute atomic E-state index is 11.2. The third kappa shape index (κ3) is 3.77. The first kappa shape index (κ1) is 16.5. The molecule has 23 heavy (non-hydrogen) atoms. The lowest BCUT2D eigenvalue weighted by molar-refractivity contribution is -0.143. The fraction of sp³-hybridized carbons (Fsp3) is 0.389. The van der Waals surface area contributed by atoms with Crippen LogP contribution in [0.15, 0.2) is 35.7 Å². The Kier molecular flexibility index (Phi) is 5.05. The molecular weight excluding hydrogens is 330 g/mol. The van der Waals surface area contributed by atoms with E-state index >= 15 is 0 Å². The molecule has 1 unspecified atom stereocenters. The molecular formula is C18H20ClNO2S. The number of aliphatic carboxylic acids is 1. The van der Waals surface area contributed by atoms with Gasteiger partial charge in [0, 0.05) is 9.90 Å². The molecule has 1 aromatic heterocycles. The van der Waals surface area contributed by atoms with Crippen molar-refractivity contribution in [2.75, 3.05) is 13.1 Å². The minimum absolute atomic E-state index is 0.155. The molecule has 0 radical (unpaired) electrons. The van der Waals surface area contributed by atoms with Crippen molar-refractivity contribution in [1.82, 2.24) is 4.90 Å². The Bertz CT molecular complexity index is 692. The number of hydrogen-bond acceptors (Lipinski definition) is 3. The van der Waals surface area contributed by atoms with Crippen LogP contribution in [0.25, 0.3) is 0 Å². The van der Waals surface area contributed by atoms with Gasteiger partial charge in [-0.2, -0.15) is 0 Å². The molecule has 1 saturated heterocycles. The fourth-order valence-electron chi connectivity index (χ4n) is 3.23. The van der Waals surface area contributed by atoms with E-state index in [4.69, 9.17) is 11.6 Å². The van der Waals surface area contributed by atoms with Crippen molar-refractivity contribution >= 4 is 28.9 Å². The van der Waals surface area contributed by atoms with Crippen molar-refractivity contribution < 1.29 is 9.90 Å². The van der Waals surface area contributed by atoms with Crippen LogP contribution in [0.4, 0.5) is 0 Å². The first-order valence-corrected chi connectivity index (χ1v) is 9.07. The smallest absolute Gasteiger partial charge is 0.306 e. The third-order valence-corrected chi connectivity index (χ3v) is 5.77. The molecule has 1 N–H and O–H groups in total. The maximum atomic E-state index is 11.2. The number of carboxylic acids is 1. The molecule has 1 atom stereocenters. The normalized spacial score (nSPS) is 18.0. The lowest BCUT2D eigenvalue weighted by Crippen LogP contribution is -2.39. The maximum Gasteiger partial charge on any atom is 0.306 e. The summed E-state index contributed by atoms with van der Waals surface area (Å²) in [5, 5.41) is 12.1. The van der Waals surface area contributed by atoms with E-state index in [1.165, 1.54) is 16.0 Å². The van der Waals surface area contributed by atoms with E-state index in [0.717, 1.165) is 18.1 Å². The summed E-state index contributed by atoms with van der Waals surface area (Å²) in [6.45, 7) is 3.70. The van der Waals surface area contributed by atoms with Crippen molar-refractivity contribution in [3.63, 3.8) is 0 Å². The Balaban J connectivity index is 1.89. The molecule has 122 valence electrons. The van der Waals surface area contributed by atoms with Gasteiger partial charge in [-0.25, -0.2) is 0 Å². The average molecular weight is 350 g/mol. The third-order valence-electron chi connectivity index (χ3n) is 4.43. The molecule has 3 nitrogen and oxygen atoms in total. The number of carboxylic acid groups (broad SMARTS) is 1. The van der Waals surface area contributed by atoms with Crippen LogP contribution in [0, 0.1) is 12.8 Å². The van der Waals surface area contributed by atoms with Gasteiger partial charge in [-0.1, -0.05) is 23.7 Å². The standard InChI is InChI=1S/C18H20ClNO2S/c1-12-9-16(23-11-12)17(14-3-2-4-15(19)10-14)20-7-5-13(6-8-20)18(21)22/h2-4,9-11,13,17H,5-8H2,1H3,(H,21,22). The van der Waals surface area contributed by atoms with E-state index in [1.807, 2.05) is 18.2 Å². The first-order valence-electron chi connectivity index (χ1n) is 7.82. The predicted octanol–water partition coefficient (Wildman–Crippen LogP) is 4.60. The number of likely N-dealkylation sites (tertiary alicyclic amines) is 1. The molecule has 1 aliphatic heterocycles. The van der Waals surface area contributed by atoms with Gasteiger partial charge in [0.25, 0.3) is 0 Å². The second-order valence-electron chi connectivity index (χ2n) is 6.13. The van der Waals surface area contributed by atoms with Gasteiger partial charge >= 0.3 is 5.97 Å². The molecule has 2 aromatic rings. The minimum Gasteiger partial charge on any atom is -0.481 e. The van der Waals surface area contributed by atoms with Crippen molar-refractivity contribution in [1.29, 1.82) is 0 Å². The highest BCUT2D eigenvalue weighted by molar-refractivity contribution is 7.10. The van der Waals surface area contributed by atoms with Crippen LogP contribution < -0.4 is 0 Å². The summed E-state index contributed by atoms with van der Waals surface area (Å²) in [4.78, 5) is 14.9. The molecule has 0 saturated carbocycles. The molecule has 0 bridgehead atoms. The van der Waals surface area contributed by atoms with Crippen LogP contribution in [0.2, 0.25) is 5.02 Å². The Morgan fingerprint density at radius 3 is 2.65 bits per heavy atom. The highest BCUT2D eigenvalue weighted by Gasteiger charge is 2.30. The molecule has 1 aromatic carbocycles. The minimum atomic E-state index is -0.670. The number of nitrogens with zero attached hydrogens (tertiary/aromatic N) is 1. The molecule has 5 heteroatoms. The number of carbonyl (C=O) groups is 1. The van der Waals surface area contributed by atoms with Gasteiger partial charge in [0.1, 0.15) is 0 Å². The van der Waals surface area contributed by atoms with Crippen molar-refractivity contribution in [3.05, 3.63) is 56.7 Å². The number of benzene rings is 1. The van der Waals surface area contributed by atoms with Gasteiger partial charge in [-0.3, -0.25) is 9.69 Å². The lowest BCUT2D eigenvalue weighted by atomic mass is 9.93. The fourth-order valence-corrected chi connectivity index (χ4v) is 4.49. The zero-order valence-electron chi connectivity index (χ0n) is 13.0. The van der Waals surface area contributed by atoms with E-state index in [1.54, 1.807) is 11.3 Å². The summed E-state index contributed by atoms with van der Waals surface area (Å²) in [7, 11) is 0. The SMILES string of the molecule is Cc1csc(C(c2cccc(Cl)c2)N2CCC(C(=O)O)CC2)c1. The summed E-state index contributed by atoms with van der Waals surface area (Å²) in [6.07, 6.45) is 1.41. The van der Waals surface area contributed by atoms with Gasteiger partial charge in [-0.15, -0.1) is 11.3 Å². The zero-order valence-corrected chi connectivity index (χ0v) is 14.6. The highest BCUT2D eigenvalue weighted by atomic mass is 35.5. The zero-order chi connectivity index (χ0) is 16.4. The number of thiophene rings is 1. The van der Waals surface area contributed by atoms with Crippen LogP contribution >= 0.6 is 22.9 Å². The Morgan fingerprint density at radius 1 is 1.35 bits per heavy atom. The van der Waals surface area contributed by atoms with Crippen LogP contribution in [0.5, 0.6) is 0 Å². The van der Waals surface area contributed by atoms with Crippen LogP contribution in [-0.4, -0.2) is 29.1 Å². The van der Waals surface area contributed by atoms with Gasteiger partial charge in [-0.05, 0) is 67.6 Å². The number of hydrogen-bond donors (Lipinski definition) is 1. The van der Waals surface area contributed by atoms with E-state index in [-0.39, 0.29) is 12.0 Å². The Morgan fingerprint density at radius 2 is 2.09 bits per heavy atom. The van der Waals surface area contributed by atoms with Crippen molar-refractivity contribution in [2.24, 2.45) is 5.92 Å². The molecule has 3 rings (SSSR count). The molecule has 0 aliphatic carbocycles. The Labute approximate surface area is 145 Å². The second kappa shape index (κ2) is 7.04. The molecule has 1 aliphatic rings. The highest BCUT2D eigenvalue weighted by Crippen LogP contribution is 2.36. The van der Waals surface area contributed by atoms with E-state index in [2.05, 4.69) is 29.3 Å². The monoisotopic (exact) mass is 349 g/mol. The second-order valence-corrected chi connectivity index (χ2v) is 7.51. The lowest BCUT2D eigenvalue weighted by Gasteiger charge is -2.36. The number of halogens is 1. The number of rotatable bonds is 4. The summed E-state index contributed by atoms with van der Waals surface area (Å²) in [5.74, 6) is -0.882. The number of piperidine rings is 1. The number of aryl methyl sites for hydroxylation is 1. The average Bonchev–Trinajstić information content (AvgIpc) is 2.94. The summed E-state index contributed by atoms with van der Waals surface area (Å²) >= 11 is 7.95. The van der Waals surface area contributed by atoms with Crippen molar-refractivity contribution in [2.45, 2.75) is 25.8 Å². The van der Waals surface area contributed by atoms with Gasteiger partial charge < -0.3 is 5.11 Å². The van der Waals surface area contributed by atoms with Crippen molar-refractivity contribution in [3.8, 4) is 0 Å². The van der Waals surface area contributed by atoms with E-state index < -0.39 is 5.97 Å². The summed E-state index contributed by atoms with van der Waals surface area (Å²) in [5.41, 5.74) is 2.44. The molecule has 2 heterocycles. The quantitative estimate of drug-likeness (QED) is 0.877. The van der Waals surface area contributed by atoms with E-state index in [9.17, 15) is 9.90 Å². The van der Waals surface area contributed by atoms with Gasteiger partial charge in [0.2, 0.25) is 0 Å². The summed E-state index contributed by atoms with van der Waals surface area (Å²) in [6, 6.07) is 10.4. The van der Waals surface area contributed by atoms with Crippen LogP contribution in [0.1, 0.15) is 34.9 Å². The molecule has 0 amide bonds. The van der Waals surface area contributed by atoms with Crippen LogP contribution in [-0.2, 0) is 4.79 Å². The molecule has 1 fully saturated rings. The van der Waals surface area contributed by atoms with Gasteiger partial charge in [0.05, 0.1) is 12.0 Å². The topological polar surface area (TPSA) is 40.5 Å². The molecule has 0 spiro atoms. The van der Waals surface area contributed by atoms with Gasteiger partial charge in [0.15, 0.2) is 0 Å². The largest absolute Gasteiger partial charge is 0.481 e. The first-order chi connectivity index (χ1) is 11.0. The van der Waals surface area contributed by atoms with Crippen LogP contribution in [0.3, 0.4) is 0 Å². The Hall–Kier alpha value is -1.36.